The van der Waals surface area contributed by atoms with Crippen LogP contribution in [0.25, 0.3) is 0 Å². The highest BCUT2D eigenvalue weighted by Gasteiger charge is 2.35. The fraction of sp³-hybridized carbons (Fsp3) is 0.355. The molecule has 13 heteroatoms. The zero-order valence-electron chi connectivity index (χ0n) is 24.7. The van der Waals surface area contributed by atoms with Gasteiger partial charge < -0.3 is 25.1 Å². The highest BCUT2D eigenvalue weighted by atomic mass is 32.1. The van der Waals surface area contributed by atoms with Gasteiger partial charge in [-0.25, -0.2) is 14.2 Å². The molecule has 11 nitrogen and oxygen atoms in total. The Morgan fingerprint density at radius 3 is 2.50 bits per heavy atom. The lowest BCUT2D eigenvalue weighted by Gasteiger charge is -2.48. The number of nitrogens with zero attached hydrogens (tertiary/aromatic N) is 4. The second kappa shape index (κ2) is 14.5. The minimum absolute atomic E-state index is 0.0451. The largest absolute Gasteiger partial charge is 0.454 e. The number of halogens is 1. The maximum atomic E-state index is 14.9. The molecule has 0 unspecified atom stereocenters. The van der Waals surface area contributed by atoms with Gasteiger partial charge in [-0.05, 0) is 62.9 Å². The molecule has 2 saturated heterocycles. The van der Waals surface area contributed by atoms with Gasteiger partial charge in [-0.15, -0.1) is 5.06 Å². The number of amides is 2. The van der Waals surface area contributed by atoms with Crippen molar-refractivity contribution in [3.63, 3.8) is 0 Å². The van der Waals surface area contributed by atoms with E-state index in [1.807, 2.05) is 30.3 Å². The lowest BCUT2D eigenvalue weighted by molar-refractivity contribution is -0.123. The molecular formula is C31H36FN7O4S. The molecule has 3 aromatic rings. The van der Waals surface area contributed by atoms with E-state index in [0.717, 1.165) is 31.5 Å². The molecule has 2 amide bonds. The van der Waals surface area contributed by atoms with Gasteiger partial charge in [-0.3, -0.25) is 15.0 Å². The molecule has 2 aliphatic heterocycles. The van der Waals surface area contributed by atoms with Crippen molar-refractivity contribution in [1.82, 2.24) is 25.2 Å². The van der Waals surface area contributed by atoms with E-state index in [4.69, 9.17) is 21.8 Å². The van der Waals surface area contributed by atoms with Crippen molar-refractivity contribution in [2.45, 2.75) is 31.3 Å². The number of piperidine rings is 1. The summed E-state index contributed by atoms with van der Waals surface area (Å²) in [5.41, 5.74) is 1.19. The van der Waals surface area contributed by atoms with Crippen LogP contribution < -0.4 is 20.7 Å². The van der Waals surface area contributed by atoms with E-state index in [1.165, 1.54) is 24.4 Å². The van der Waals surface area contributed by atoms with E-state index in [1.54, 1.807) is 17.2 Å². The highest BCUT2D eigenvalue weighted by molar-refractivity contribution is 7.80. The van der Waals surface area contributed by atoms with Gasteiger partial charge in [0.25, 0.3) is 0 Å². The second-order valence-electron chi connectivity index (χ2n) is 11.0. The molecule has 5 rings (SSSR count). The molecule has 0 radical (unpaired) electrons. The van der Waals surface area contributed by atoms with Crippen LogP contribution in [0.3, 0.4) is 0 Å². The Morgan fingerprint density at radius 1 is 1.05 bits per heavy atom. The molecule has 3 heterocycles. The van der Waals surface area contributed by atoms with Crippen molar-refractivity contribution < 1.29 is 23.6 Å². The zero-order valence-corrected chi connectivity index (χ0v) is 25.5. The number of likely N-dealkylation sites (N-methyl/N-ethyl adjacent to an activating group) is 1. The summed E-state index contributed by atoms with van der Waals surface area (Å²) in [6.45, 7) is 3.48. The number of hydroxylamine groups is 2. The lowest BCUT2D eigenvalue weighted by atomic mass is 9.98. The smallest absolute Gasteiger partial charge is 0.431 e. The summed E-state index contributed by atoms with van der Waals surface area (Å²) in [5.74, 6) is -0.516. The highest BCUT2D eigenvalue weighted by Crippen LogP contribution is 2.28. The normalized spacial score (nSPS) is 16.2. The van der Waals surface area contributed by atoms with Crippen LogP contribution in [0.4, 0.5) is 20.7 Å². The van der Waals surface area contributed by atoms with E-state index in [0.29, 0.717) is 30.9 Å². The van der Waals surface area contributed by atoms with Crippen molar-refractivity contribution in [2.75, 3.05) is 50.9 Å². The summed E-state index contributed by atoms with van der Waals surface area (Å²) < 4.78 is 20.5. The quantitative estimate of drug-likeness (QED) is 0.300. The minimum atomic E-state index is -0.655. The topological polar surface area (TPSA) is 111 Å². The number of anilines is 2. The Kier molecular flexibility index (Phi) is 10.3. The number of benzene rings is 2. The summed E-state index contributed by atoms with van der Waals surface area (Å²) in [4.78, 5) is 39.1. The molecule has 2 aliphatic rings. The van der Waals surface area contributed by atoms with Gasteiger partial charge in [-0.2, -0.15) is 0 Å². The third-order valence-corrected chi connectivity index (χ3v) is 7.82. The van der Waals surface area contributed by atoms with Gasteiger partial charge in [0, 0.05) is 62.3 Å². The van der Waals surface area contributed by atoms with Gasteiger partial charge in [0.1, 0.15) is 11.6 Å². The van der Waals surface area contributed by atoms with Gasteiger partial charge in [0.05, 0.1) is 6.42 Å². The summed E-state index contributed by atoms with van der Waals surface area (Å²) in [7, 11) is 4.22. The first-order valence-electron chi connectivity index (χ1n) is 14.4. The number of ether oxygens (including phenoxy) is 1. The number of thiocarbonyl (C=S) groups is 1. The summed E-state index contributed by atoms with van der Waals surface area (Å²) in [6, 6.07) is 17.6. The molecule has 232 valence electrons. The van der Waals surface area contributed by atoms with Gasteiger partial charge >= 0.3 is 6.09 Å². The van der Waals surface area contributed by atoms with Crippen molar-refractivity contribution in [3.8, 4) is 11.5 Å². The molecule has 0 bridgehead atoms. The first-order chi connectivity index (χ1) is 21.2. The van der Waals surface area contributed by atoms with Crippen LogP contribution in [0.2, 0.25) is 0 Å². The first-order valence-corrected chi connectivity index (χ1v) is 14.9. The molecular weight excluding hydrogens is 585 g/mol. The Hall–Kier alpha value is -4.17. The van der Waals surface area contributed by atoms with E-state index in [2.05, 4.69) is 44.8 Å². The molecule has 0 aliphatic carbocycles. The third-order valence-electron chi connectivity index (χ3n) is 7.61. The predicted octanol–water partition coefficient (Wildman–Crippen LogP) is 4.24. The van der Waals surface area contributed by atoms with Crippen molar-refractivity contribution in [1.29, 1.82) is 0 Å². The Balaban J connectivity index is 1.06. The molecule has 3 N–H and O–H groups in total. The van der Waals surface area contributed by atoms with Crippen LogP contribution in [0.15, 0.2) is 66.9 Å². The predicted molar refractivity (Wildman–Crippen MR) is 169 cm³/mol. The number of carbonyl (C=O) groups is 2. The third kappa shape index (κ3) is 8.69. The first kappa shape index (κ1) is 31.3. The number of rotatable bonds is 9. The van der Waals surface area contributed by atoms with Crippen LogP contribution in [-0.2, 0) is 16.1 Å². The Labute approximate surface area is 261 Å². The molecule has 1 aromatic heterocycles. The maximum Gasteiger partial charge on any atom is 0.431 e. The average molecular weight is 622 g/mol. The number of aromatic nitrogens is 1. The van der Waals surface area contributed by atoms with Crippen LogP contribution in [0, 0.1) is 5.82 Å². The van der Waals surface area contributed by atoms with Crippen LogP contribution in [0.1, 0.15) is 18.4 Å². The van der Waals surface area contributed by atoms with Gasteiger partial charge in [0.15, 0.2) is 16.7 Å². The van der Waals surface area contributed by atoms with Crippen molar-refractivity contribution in [2.24, 2.45) is 0 Å². The summed E-state index contributed by atoms with van der Waals surface area (Å²) >= 11 is 5.19. The molecule has 0 saturated carbocycles. The molecule has 0 atom stereocenters. The van der Waals surface area contributed by atoms with Crippen LogP contribution >= 0.6 is 12.2 Å². The number of pyridine rings is 1. The van der Waals surface area contributed by atoms with Crippen LogP contribution in [0.5, 0.6) is 11.5 Å². The fourth-order valence-corrected chi connectivity index (χ4v) is 5.33. The van der Waals surface area contributed by atoms with E-state index in [9.17, 15) is 14.0 Å². The maximum absolute atomic E-state index is 14.9. The molecule has 0 spiro atoms. The Bertz CT molecular complexity index is 1460. The van der Waals surface area contributed by atoms with E-state index < -0.39 is 11.9 Å². The monoisotopic (exact) mass is 621 g/mol. The number of hydrogen-bond acceptors (Lipinski definition) is 9. The standard InChI is InChI=1S/C31H36FN7O4S/c1-37(2)24-19-38(20-24)23-11-14-39(15-12-23)43-31(41)35-28-18-25(10-13-33-28)42-27-9-8-22(17-26(27)32)34-30(44)36-29(40)16-21-6-4-3-5-7-21/h3-10,13,17-18,23-24H,11-12,14-16,19-20H2,1-2H3,(H,33,35,41)(H2,34,36,40,44). The van der Waals surface area contributed by atoms with Crippen molar-refractivity contribution in [3.05, 3.63) is 78.2 Å². The lowest BCUT2D eigenvalue weighted by Crippen LogP contribution is -2.62. The summed E-state index contributed by atoms with van der Waals surface area (Å²) in [6.07, 6.45) is 2.82. The number of nitrogens with one attached hydrogen (secondary N) is 3. The number of likely N-dealkylation sites (tertiary alicyclic amines) is 1. The van der Waals surface area contributed by atoms with Gasteiger partial charge in [-0.1, -0.05) is 30.3 Å². The van der Waals surface area contributed by atoms with Crippen LogP contribution in [-0.4, -0.2) is 89.3 Å². The molecule has 44 heavy (non-hydrogen) atoms. The minimum Gasteiger partial charge on any atom is -0.454 e. The average Bonchev–Trinajstić information content (AvgIpc) is 2.95. The Morgan fingerprint density at radius 2 is 1.80 bits per heavy atom. The van der Waals surface area contributed by atoms with Gasteiger partial charge in [0.2, 0.25) is 5.91 Å². The number of hydrogen-bond donors (Lipinski definition) is 3. The zero-order chi connectivity index (χ0) is 31.1. The number of carbonyl (C=O) groups excluding carboxylic acids is 2. The molecule has 2 aromatic carbocycles. The SMILES string of the molecule is CN(C)C1CN(C2CCN(OC(=O)Nc3cc(Oc4ccc(NC(=S)NC(=O)Cc5ccccc5)cc4F)ccn3)CC2)C1. The molecule has 2 fully saturated rings. The fourth-order valence-electron chi connectivity index (χ4n) is 5.10. The summed E-state index contributed by atoms with van der Waals surface area (Å²) in [5, 5.41) is 9.70. The van der Waals surface area contributed by atoms with E-state index >= 15 is 0 Å². The second-order valence-corrected chi connectivity index (χ2v) is 11.4. The van der Waals surface area contributed by atoms with Crippen molar-refractivity contribution >= 4 is 40.8 Å². The van der Waals surface area contributed by atoms with E-state index in [-0.39, 0.29) is 34.8 Å².